The van der Waals surface area contributed by atoms with Gasteiger partial charge in [-0.1, -0.05) is 26.0 Å². The molecule has 2 aromatic heterocycles. The summed E-state index contributed by atoms with van der Waals surface area (Å²) < 4.78 is 8.60. The third kappa shape index (κ3) is 2.52. The molecule has 4 aromatic rings. The van der Waals surface area contributed by atoms with Gasteiger partial charge < -0.3 is 4.42 Å². The number of hydrogen-bond acceptors (Lipinski definition) is 1. The van der Waals surface area contributed by atoms with Crippen LogP contribution in [0.2, 0.25) is 0 Å². The largest absolute Gasteiger partial charge is 0.455 e. The number of furan rings is 1. The summed E-state index contributed by atoms with van der Waals surface area (Å²) in [6, 6.07) is 12.5. The van der Waals surface area contributed by atoms with E-state index in [4.69, 9.17) is 11.0 Å². The molecule has 0 atom stereocenters. The first-order valence-electron chi connectivity index (χ1n) is 9.25. The van der Waals surface area contributed by atoms with Crippen LogP contribution < -0.4 is 4.57 Å². The van der Waals surface area contributed by atoms with Gasteiger partial charge in [0.15, 0.2) is 11.9 Å². The maximum absolute atomic E-state index is 7.64. The fraction of sp³-hybridized carbons (Fsp3) is 0.250. The van der Waals surface area contributed by atoms with Gasteiger partial charge in [0.2, 0.25) is 5.69 Å². The highest BCUT2D eigenvalue weighted by atomic mass is 16.3. The zero-order chi connectivity index (χ0) is 19.3. The van der Waals surface area contributed by atoms with Gasteiger partial charge in [-0.3, -0.25) is 0 Å². The third-order valence-corrected chi connectivity index (χ3v) is 5.33. The van der Waals surface area contributed by atoms with Crippen molar-refractivity contribution in [2.75, 3.05) is 0 Å². The van der Waals surface area contributed by atoms with Gasteiger partial charge in [-0.05, 0) is 48.6 Å². The molecular formula is C24H23N2O+. The van der Waals surface area contributed by atoms with Gasteiger partial charge in [0.25, 0.3) is 0 Å². The van der Waals surface area contributed by atoms with E-state index in [1.165, 1.54) is 5.56 Å². The molecule has 134 valence electrons. The Morgan fingerprint density at radius 2 is 1.81 bits per heavy atom. The maximum Gasteiger partial charge on any atom is 0.216 e. The van der Waals surface area contributed by atoms with E-state index >= 15 is 0 Å². The highest BCUT2D eigenvalue weighted by Crippen LogP contribution is 2.44. The summed E-state index contributed by atoms with van der Waals surface area (Å²) >= 11 is 0. The van der Waals surface area contributed by atoms with Crippen LogP contribution in [-0.2, 0) is 7.05 Å². The number of aromatic nitrogens is 1. The number of benzene rings is 2. The van der Waals surface area contributed by atoms with Crippen LogP contribution in [0, 0.1) is 20.4 Å². The van der Waals surface area contributed by atoms with Crippen LogP contribution in [0.4, 0.5) is 5.69 Å². The van der Waals surface area contributed by atoms with Gasteiger partial charge in [0.1, 0.15) is 18.2 Å². The van der Waals surface area contributed by atoms with Crippen LogP contribution in [0.5, 0.6) is 0 Å². The summed E-state index contributed by atoms with van der Waals surface area (Å²) in [7, 11) is 2.05. The Morgan fingerprint density at radius 1 is 1.04 bits per heavy atom. The Morgan fingerprint density at radius 3 is 2.48 bits per heavy atom. The Labute approximate surface area is 159 Å². The Balaban J connectivity index is 2.23. The highest BCUT2D eigenvalue weighted by molar-refractivity contribution is 6.13. The molecule has 0 radical (unpaired) electrons. The van der Waals surface area contributed by atoms with Crippen molar-refractivity contribution in [3.63, 3.8) is 0 Å². The topological polar surface area (TPSA) is 21.4 Å². The van der Waals surface area contributed by atoms with Crippen molar-refractivity contribution in [3.05, 3.63) is 70.7 Å². The molecule has 0 bridgehead atoms. The van der Waals surface area contributed by atoms with Crippen molar-refractivity contribution in [2.24, 2.45) is 7.05 Å². The van der Waals surface area contributed by atoms with E-state index in [-0.39, 0.29) is 5.92 Å². The Kier molecular flexibility index (Phi) is 4.00. The molecule has 0 saturated heterocycles. The lowest BCUT2D eigenvalue weighted by Crippen LogP contribution is -2.30. The average molecular weight is 355 g/mol. The van der Waals surface area contributed by atoms with Crippen molar-refractivity contribution in [1.82, 2.24) is 0 Å². The molecular weight excluding hydrogens is 332 g/mol. The minimum Gasteiger partial charge on any atom is -0.455 e. The van der Waals surface area contributed by atoms with Crippen molar-refractivity contribution >= 4 is 27.6 Å². The third-order valence-electron chi connectivity index (χ3n) is 5.33. The zero-order valence-electron chi connectivity index (χ0n) is 16.4. The summed E-state index contributed by atoms with van der Waals surface area (Å²) in [6.07, 6.45) is 2.05. The second kappa shape index (κ2) is 6.25. The van der Waals surface area contributed by atoms with Crippen LogP contribution in [0.15, 0.2) is 47.0 Å². The van der Waals surface area contributed by atoms with Gasteiger partial charge in [0.05, 0.1) is 12.1 Å². The van der Waals surface area contributed by atoms with Crippen LogP contribution in [0.3, 0.4) is 0 Å². The van der Waals surface area contributed by atoms with Crippen molar-refractivity contribution in [2.45, 2.75) is 33.6 Å². The highest BCUT2D eigenvalue weighted by Gasteiger charge is 2.24. The van der Waals surface area contributed by atoms with Crippen LogP contribution >= 0.6 is 0 Å². The minimum atomic E-state index is 0.246. The lowest BCUT2D eigenvalue weighted by molar-refractivity contribution is -0.660. The number of hydrogen-bond donors (Lipinski definition) is 0. The van der Waals surface area contributed by atoms with E-state index in [2.05, 4.69) is 67.7 Å². The predicted octanol–water partition coefficient (Wildman–Crippen LogP) is 6.37. The first-order valence-corrected chi connectivity index (χ1v) is 9.25. The quantitative estimate of drug-likeness (QED) is 0.302. The summed E-state index contributed by atoms with van der Waals surface area (Å²) in [4.78, 5) is 3.81. The summed E-state index contributed by atoms with van der Waals surface area (Å²) in [5.74, 6) is 0.246. The molecule has 2 heterocycles. The van der Waals surface area contributed by atoms with Crippen LogP contribution in [-0.4, -0.2) is 0 Å². The molecule has 0 amide bonds. The molecule has 4 rings (SSSR count). The predicted molar refractivity (Wildman–Crippen MR) is 110 cm³/mol. The normalized spacial score (nSPS) is 11.4. The monoisotopic (exact) mass is 355 g/mol. The molecule has 0 spiro atoms. The Bertz CT molecular complexity index is 1240. The number of fused-ring (bicyclic) bond motifs is 3. The minimum absolute atomic E-state index is 0.246. The SMILES string of the molecule is [C-]#[N+]c1cc(C)c2oc3c(-c4cccc[n+]4C)c(C)ccc3c2c1C(C)C. The van der Waals surface area contributed by atoms with Gasteiger partial charge in [0, 0.05) is 22.9 Å². The number of pyridine rings is 1. The molecule has 2 aromatic carbocycles. The summed E-state index contributed by atoms with van der Waals surface area (Å²) in [5.41, 5.74) is 8.03. The van der Waals surface area contributed by atoms with Crippen molar-refractivity contribution < 1.29 is 8.98 Å². The summed E-state index contributed by atoms with van der Waals surface area (Å²) in [5, 5.41) is 2.18. The molecule has 27 heavy (non-hydrogen) atoms. The van der Waals surface area contributed by atoms with E-state index < -0.39 is 0 Å². The number of nitrogens with zero attached hydrogens (tertiary/aromatic N) is 2. The van der Waals surface area contributed by atoms with Gasteiger partial charge in [-0.25, -0.2) is 9.41 Å². The molecule has 0 N–H and O–H groups in total. The van der Waals surface area contributed by atoms with E-state index in [0.29, 0.717) is 0 Å². The lowest BCUT2D eigenvalue weighted by atomic mass is 9.92. The van der Waals surface area contributed by atoms with Crippen molar-refractivity contribution in [1.29, 1.82) is 0 Å². The molecule has 0 aliphatic rings. The van der Waals surface area contributed by atoms with E-state index in [0.717, 1.165) is 50.0 Å². The molecule has 0 unspecified atom stereocenters. The molecule has 0 saturated carbocycles. The maximum atomic E-state index is 7.64. The lowest BCUT2D eigenvalue weighted by Gasteiger charge is -2.11. The van der Waals surface area contributed by atoms with Crippen LogP contribution in [0.25, 0.3) is 38.0 Å². The molecule has 0 fully saturated rings. The van der Waals surface area contributed by atoms with E-state index in [1.54, 1.807) is 0 Å². The second-order valence-electron chi connectivity index (χ2n) is 7.53. The molecule has 3 nitrogen and oxygen atoms in total. The van der Waals surface area contributed by atoms with E-state index in [9.17, 15) is 0 Å². The second-order valence-corrected chi connectivity index (χ2v) is 7.53. The average Bonchev–Trinajstić information content (AvgIpc) is 3.02. The zero-order valence-corrected chi connectivity index (χ0v) is 16.4. The Hall–Kier alpha value is -3.12. The fourth-order valence-corrected chi connectivity index (χ4v) is 4.06. The fourth-order valence-electron chi connectivity index (χ4n) is 4.06. The summed E-state index contributed by atoms with van der Waals surface area (Å²) in [6.45, 7) is 16.1. The first kappa shape index (κ1) is 17.3. The molecule has 0 aliphatic carbocycles. The molecule has 0 aliphatic heterocycles. The van der Waals surface area contributed by atoms with Gasteiger partial charge in [-0.2, -0.15) is 0 Å². The standard InChI is InChI=1S/C24H23N2O/c1-14(2)20-18(25-5)13-16(4)23-22(20)17-11-10-15(3)21(24(17)27-23)19-9-7-8-12-26(19)6/h7-14H,1-4,6H3/q+1. The van der Waals surface area contributed by atoms with Gasteiger partial charge >= 0.3 is 0 Å². The molecule has 3 heteroatoms. The first-order chi connectivity index (χ1) is 12.9. The van der Waals surface area contributed by atoms with E-state index in [1.807, 2.05) is 19.1 Å². The number of aryl methyl sites for hydroxylation is 3. The van der Waals surface area contributed by atoms with Crippen molar-refractivity contribution in [3.8, 4) is 11.3 Å². The number of rotatable bonds is 2. The van der Waals surface area contributed by atoms with Crippen LogP contribution in [0.1, 0.15) is 36.5 Å². The van der Waals surface area contributed by atoms with Gasteiger partial charge in [-0.15, -0.1) is 0 Å². The smallest absolute Gasteiger partial charge is 0.216 e.